The number of hydrogen-bond acceptors (Lipinski definition) is 1. The molecular weight excluding hydrogens is 264 g/mol. The van der Waals surface area contributed by atoms with E-state index in [0.717, 1.165) is 19.4 Å². The van der Waals surface area contributed by atoms with E-state index in [1.165, 1.54) is 12.1 Å². The van der Waals surface area contributed by atoms with Crippen molar-refractivity contribution in [1.82, 2.24) is 5.32 Å². The predicted octanol–water partition coefficient (Wildman–Crippen LogP) is 3.02. The van der Waals surface area contributed by atoms with Crippen LogP contribution in [0.3, 0.4) is 0 Å². The maximum atomic E-state index is 13.5. The summed E-state index contributed by atoms with van der Waals surface area (Å²) in [6, 6.07) is 2.76. The minimum absolute atomic E-state index is 0.183. The quantitative estimate of drug-likeness (QED) is 0.819. The highest BCUT2D eigenvalue weighted by Crippen LogP contribution is 2.22. The van der Waals surface area contributed by atoms with Crippen LogP contribution in [0, 0.1) is 11.6 Å². The molecule has 0 amide bonds. The van der Waals surface area contributed by atoms with E-state index in [1.54, 1.807) is 0 Å². The van der Waals surface area contributed by atoms with Gasteiger partial charge in [-0.25, -0.2) is 8.78 Å². The molecule has 0 aromatic heterocycles. The molecule has 1 aromatic carbocycles. The molecule has 15 heavy (non-hydrogen) atoms. The van der Waals surface area contributed by atoms with Gasteiger partial charge in [0, 0.05) is 6.04 Å². The Hall–Kier alpha value is -0.480. The standard InChI is InChI=1S/C11H12BrF2N/c12-9-6-10(13)7(5-11(9)14)4-8-2-1-3-15-8/h5-6,8,15H,1-4H2. The average Bonchev–Trinajstić information content (AvgIpc) is 2.67. The Balaban J connectivity index is 2.16. The van der Waals surface area contributed by atoms with E-state index in [0.29, 0.717) is 18.0 Å². The van der Waals surface area contributed by atoms with E-state index in [-0.39, 0.29) is 10.3 Å². The van der Waals surface area contributed by atoms with E-state index >= 15 is 0 Å². The molecule has 1 saturated heterocycles. The van der Waals surface area contributed by atoms with Gasteiger partial charge in [-0.05, 0) is 59.4 Å². The van der Waals surface area contributed by atoms with E-state index in [2.05, 4.69) is 21.2 Å². The van der Waals surface area contributed by atoms with E-state index in [4.69, 9.17) is 0 Å². The van der Waals surface area contributed by atoms with Crippen molar-refractivity contribution < 1.29 is 8.78 Å². The Morgan fingerprint density at radius 2 is 2.13 bits per heavy atom. The van der Waals surface area contributed by atoms with Gasteiger partial charge >= 0.3 is 0 Å². The molecule has 1 unspecified atom stereocenters. The van der Waals surface area contributed by atoms with Crippen molar-refractivity contribution in [2.24, 2.45) is 0 Å². The average molecular weight is 276 g/mol. The van der Waals surface area contributed by atoms with Gasteiger partial charge in [0.05, 0.1) is 4.47 Å². The summed E-state index contributed by atoms with van der Waals surface area (Å²) in [7, 11) is 0. The second kappa shape index (κ2) is 4.58. The highest BCUT2D eigenvalue weighted by Gasteiger charge is 2.17. The first-order valence-electron chi connectivity index (χ1n) is 5.03. The van der Waals surface area contributed by atoms with Gasteiger partial charge in [0.25, 0.3) is 0 Å². The van der Waals surface area contributed by atoms with Gasteiger partial charge in [-0.15, -0.1) is 0 Å². The summed E-state index contributed by atoms with van der Waals surface area (Å²) < 4.78 is 26.8. The van der Waals surface area contributed by atoms with Crippen molar-refractivity contribution in [1.29, 1.82) is 0 Å². The molecule has 0 spiro atoms. The third-order valence-electron chi connectivity index (χ3n) is 2.72. The summed E-state index contributed by atoms with van der Waals surface area (Å²) in [5.41, 5.74) is 0.454. The monoisotopic (exact) mass is 275 g/mol. The predicted molar refractivity (Wildman–Crippen MR) is 58.8 cm³/mol. The van der Waals surface area contributed by atoms with Gasteiger partial charge in [-0.1, -0.05) is 0 Å². The van der Waals surface area contributed by atoms with Gasteiger partial charge in [-0.2, -0.15) is 0 Å². The summed E-state index contributed by atoms with van der Waals surface area (Å²) in [6.07, 6.45) is 2.72. The second-order valence-electron chi connectivity index (χ2n) is 3.86. The molecule has 4 heteroatoms. The zero-order chi connectivity index (χ0) is 10.8. The molecule has 1 aromatic rings. The fourth-order valence-corrected chi connectivity index (χ4v) is 2.23. The van der Waals surface area contributed by atoms with Crippen LogP contribution in [0.1, 0.15) is 18.4 Å². The van der Waals surface area contributed by atoms with E-state index in [1.807, 2.05) is 0 Å². The van der Waals surface area contributed by atoms with Gasteiger partial charge in [0.2, 0.25) is 0 Å². The Labute approximate surface area is 96.0 Å². The van der Waals surface area contributed by atoms with Crippen LogP contribution in [0.25, 0.3) is 0 Å². The maximum Gasteiger partial charge on any atom is 0.137 e. The summed E-state index contributed by atoms with van der Waals surface area (Å²) in [6.45, 7) is 0.977. The van der Waals surface area contributed by atoms with Crippen LogP contribution in [0.2, 0.25) is 0 Å². The summed E-state index contributed by atoms with van der Waals surface area (Å²) >= 11 is 2.96. The Bertz CT molecular complexity index is 362. The molecule has 2 rings (SSSR count). The largest absolute Gasteiger partial charge is 0.314 e. The highest BCUT2D eigenvalue weighted by atomic mass is 79.9. The minimum Gasteiger partial charge on any atom is -0.314 e. The van der Waals surface area contributed by atoms with Gasteiger partial charge in [-0.3, -0.25) is 0 Å². The molecular formula is C11H12BrF2N. The Morgan fingerprint density at radius 3 is 2.80 bits per heavy atom. The van der Waals surface area contributed by atoms with Crippen LogP contribution in [0.15, 0.2) is 16.6 Å². The third-order valence-corrected chi connectivity index (χ3v) is 3.33. The lowest BCUT2D eigenvalue weighted by Crippen LogP contribution is -2.24. The zero-order valence-electron chi connectivity index (χ0n) is 8.19. The molecule has 1 fully saturated rings. The fraction of sp³-hybridized carbons (Fsp3) is 0.455. The number of nitrogens with one attached hydrogen (secondary N) is 1. The molecule has 0 radical (unpaired) electrons. The molecule has 1 N–H and O–H groups in total. The Morgan fingerprint density at radius 1 is 1.33 bits per heavy atom. The van der Waals surface area contributed by atoms with Gasteiger partial charge in [0.15, 0.2) is 0 Å². The topological polar surface area (TPSA) is 12.0 Å². The number of halogens is 3. The maximum absolute atomic E-state index is 13.5. The molecule has 82 valence electrons. The van der Waals surface area contributed by atoms with Crippen molar-refractivity contribution in [3.63, 3.8) is 0 Å². The minimum atomic E-state index is -0.399. The van der Waals surface area contributed by atoms with Crippen LogP contribution in [0.5, 0.6) is 0 Å². The molecule has 0 bridgehead atoms. The van der Waals surface area contributed by atoms with Crippen LogP contribution in [0.4, 0.5) is 8.78 Å². The Kier molecular flexibility index (Phi) is 3.36. The molecule has 1 aliphatic heterocycles. The van der Waals surface area contributed by atoms with E-state index in [9.17, 15) is 8.78 Å². The fourth-order valence-electron chi connectivity index (χ4n) is 1.92. The molecule has 1 aliphatic rings. The summed E-state index contributed by atoms with van der Waals surface area (Å²) in [4.78, 5) is 0. The molecule has 0 aliphatic carbocycles. The van der Waals surface area contributed by atoms with Crippen LogP contribution < -0.4 is 5.32 Å². The van der Waals surface area contributed by atoms with E-state index < -0.39 is 5.82 Å². The first-order chi connectivity index (χ1) is 7.16. The summed E-state index contributed by atoms with van der Waals surface area (Å²) in [5, 5.41) is 3.27. The van der Waals surface area contributed by atoms with Gasteiger partial charge < -0.3 is 5.32 Å². The number of hydrogen-bond donors (Lipinski definition) is 1. The first kappa shape index (κ1) is 11.0. The normalized spacial score (nSPS) is 20.9. The lowest BCUT2D eigenvalue weighted by Gasteiger charge is -2.11. The van der Waals surface area contributed by atoms with Gasteiger partial charge in [0.1, 0.15) is 11.6 Å². The molecule has 1 atom stereocenters. The SMILES string of the molecule is Fc1cc(CC2CCCN2)c(F)cc1Br. The highest BCUT2D eigenvalue weighted by molar-refractivity contribution is 9.10. The number of benzene rings is 1. The van der Waals surface area contributed by atoms with Crippen molar-refractivity contribution in [3.8, 4) is 0 Å². The van der Waals surface area contributed by atoms with Crippen molar-refractivity contribution in [3.05, 3.63) is 33.8 Å². The van der Waals surface area contributed by atoms with Crippen LogP contribution in [-0.4, -0.2) is 12.6 Å². The number of rotatable bonds is 2. The van der Waals surface area contributed by atoms with Crippen molar-refractivity contribution in [2.75, 3.05) is 6.54 Å². The summed E-state index contributed by atoms with van der Waals surface area (Å²) in [5.74, 6) is -0.735. The molecule has 1 heterocycles. The smallest absolute Gasteiger partial charge is 0.137 e. The molecule has 1 nitrogen and oxygen atoms in total. The third kappa shape index (κ3) is 2.55. The van der Waals surface area contributed by atoms with Crippen molar-refractivity contribution >= 4 is 15.9 Å². The second-order valence-corrected chi connectivity index (χ2v) is 4.71. The van der Waals surface area contributed by atoms with Crippen LogP contribution >= 0.6 is 15.9 Å². The molecule has 0 saturated carbocycles. The zero-order valence-corrected chi connectivity index (χ0v) is 9.78. The van der Waals surface area contributed by atoms with Crippen molar-refractivity contribution in [2.45, 2.75) is 25.3 Å². The lowest BCUT2D eigenvalue weighted by molar-refractivity contribution is 0.546. The lowest BCUT2D eigenvalue weighted by atomic mass is 10.0. The first-order valence-corrected chi connectivity index (χ1v) is 5.83. The van der Waals surface area contributed by atoms with Crippen LogP contribution in [-0.2, 0) is 6.42 Å².